The lowest BCUT2D eigenvalue weighted by Gasteiger charge is -2.13. The Hall–Kier alpha value is -2.87. The van der Waals surface area contributed by atoms with E-state index in [1.165, 1.54) is 244 Å². The average molecular weight is 890 g/mol. The van der Waals surface area contributed by atoms with Crippen LogP contribution in [0.1, 0.15) is 293 Å². The van der Waals surface area contributed by atoms with Crippen LogP contribution in [0.2, 0.25) is 0 Å². The van der Waals surface area contributed by atoms with Gasteiger partial charge in [-0.25, -0.2) is 4.68 Å². The number of nitrogens with zero attached hydrogens (tertiary/aromatic N) is 1. The number of hydrogen-bond donors (Lipinski definition) is 0. The Morgan fingerprint density at radius 2 is 0.708 bits per heavy atom. The number of aryl methyl sites for hydroxylation is 4. The lowest BCUT2D eigenvalue weighted by atomic mass is 9.90. The van der Waals surface area contributed by atoms with Gasteiger partial charge in [-0.2, -0.15) is 0 Å². The fourth-order valence-electron chi connectivity index (χ4n) is 10.1. The van der Waals surface area contributed by atoms with Gasteiger partial charge in [-0.1, -0.05) is 245 Å². The van der Waals surface area contributed by atoms with Gasteiger partial charge in [0.25, 0.3) is 0 Å². The van der Waals surface area contributed by atoms with Gasteiger partial charge in [0.05, 0.1) is 11.1 Å². The summed E-state index contributed by atoms with van der Waals surface area (Å²) in [4.78, 5) is 0. The zero-order valence-corrected chi connectivity index (χ0v) is 44.0. The van der Waals surface area contributed by atoms with Crippen LogP contribution in [0.3, 0.4) is 0 Å². The first-order valence-electron chi connectivity index (χ1n) is 28.8. The smallest absolute Gasteiger partial charge is 0.216 e. The van der Waals surface area contributed by atoms with E-state index >= 15 is 0 Å². The molecule has 1 N–H and O–H groups in total. The molecule has 1 aliphatic rings. The zero-order chi connectivity index (χ0) is 46.6. The average Bonchev–Trinajstić information content (AvgIpc) is 3.59. The van der Waals surface area contributed by atoms with Gasteiger partial charge in [0.1, 0.15) is 0 Å². The Bertz CT molecular complexity index is 1590. The third-order valence-electron chi connectivity index (χ3n) is 14.1. The summed E-state index contributed by atoms with van der Waals surface area (Å²) in [7, 11) is 0. The molecular weight excluding hydrogens is 785 g/mol. The molecule has 0 fully saturated rings. The SMILES string of the molecule is CCCC=C1C(C=CCCCCCCCCCCCCCCCCCCCCC)=C(c2cc(CCCCC)cc(CCCCC)c2)[N+]([NH-])=C1c1cc(CCCCC)cc(CCCCC)c1. The molecule has 0 atom stereocenters. The summed E-state index contributed by atoms with van der Waals surface area (Å²) in [6.07, 6.45) is 57.0. The van der Waals surface area contributed by atoms with Gasteiger partial charge in [0.2, 0.25) is 11.4 Å². The quantitative estimate of drug-likeness (QED) is 0.0470. The monoisotopic (exact) mass is 889 g/mol. The molecule has 0 saturated carbocycles. The van der Waals surface area contributed by atoms with E-state index in [0.29, 0.717) is 0 Å². The van der Waals surface area contributed by atoms with Crippen LogP contribution in [-0.2, 0) is 25.7 Å². The first kappa shape index (κ1) is 56.5. The molecular formula is C63H104N2. The minimum absolute atomic E-state index is 1.02. The largest absolute Gasteiger partial charge is 0.448 e. The molecule has 0 bridgehead atoms. The Labute approximate surface area is 404 Å². The van der Waals surface area contributed by atoms with Crippen LogP contribution in [0.4, 0.5) is 0 Å². The summed E-state index contributed by atoms with van der Waals surface area (Å²) in [5, 5.41) is 0. The van der Waals surface area contributed by atoms with Crippen molar-refractivity contribution < 1.29 is 4.68 Å². The highest BCUT2D eigenvalue weighted by molar-refractivity contribution is 6.17. The Kier molecular flexibility index (Phi) is 32.3. The van der Waals surface area contributed by atoms with E-state index in [2.05, 4.69) is 96.2 Å². The van der Waals surface area contributed by atoms with Gasteiger partial charge in [0.15, 0.2) is 0 Å². The third-order valence-corrected chi connectivity index (χ3v) is 14.1. The second kappa shape index (κ2) is 37.2. The molecule has 366 valence electrons. The highest BCUT2D eigenvalue weighted by Crippen LogP contribution is 2.38. The van der Waals surface area contributed by atoms with Crippen LogP contribution >= 0.6 is 0 Å². The second-order valence-corrected chi connectivity index (χ2v) is 20.3. The van der Waals surface area contributed by atoms with Gasteiger partial charge < -0.3 is 5.84 Å². The number of nitrogens with one attached hydrogen (secondary N) is 1. The highest BCUT2D eigenvalue weighted by Gasteiger charge is 2.35. The number of allylic oxidation sites excluding steroid dienone is 5. The van der Waals surface area contributed by atoms with E-state index in [4.69, 9.17) is 0 Å². The molecule has 2 aromatic rings. The van der Waals surface area contributed by atoms with E-state index < -0.39 is 0 Å². The first-order valence-corrected chi connectivity index (χ1v) is 28.8. The Morgan fingerprint density at radius 1 is 0.369 bits per heavy atom. The molecule has 0 aliphatic carbocycles. The third kappa shape index (κ3) is 23.1. The molecule has 2 heteroatoms. The van der Waals surface area contributed by atoms with Crippen LogP contribution in [-0.4, -0.2) is 10.4 Å². The Morgan fingerprint density at radius 3 is 1.08 bits per heavy atom. The summed E-state index contributed by atoms with van der Waals surface area (Å²) in [5.41, 5.74) is 13.0. The van der Waals surface area contributed by atoms with Crippen molar-refractivity contribution in [3.63, 3.8) is 0 Å². The second-order valence-electron chi connectivity index (χ2n) is 20.3. The van der Waals surface area contributed by atoms with Gasteiger partial charge in [-0.05, 0) is 117 Å². The van der Waals surface area contributed by atoms with Crippen molar-refractivity contribution in [3.8, 4) is 0 Å². The van der Waals surface area contributed by atoms with Gasteiger partial charge in [-0.15, -0.1) is 0 Å². The zero-order valence-electron chi connectivity index (χ0n) is 44.0. The predicted octanol–water partition coefficient (Wildman–Crippen LogP) is 20.9. The number of rotatable bonds is 41. The van der Waals surface area contributed by atoms with Crippen LogP contribution in [0.5, 0.6) is 0 Å². The molecule has 0 aromatic heterocycles. The minimum atomic E-state index is 1.02. The number of hydrogen-bond acceptors (Lipinski definition) is 0. The maximum Gasteiger partial charge on any atom is 0.216 e. The number of benzene rings is 2. The minimum Gasteiger partial charge on any atom is -0.448 e. The lowest BCUT2D eigenvalue weighted by Crippen LogP contribution is -2.13. The van der Waals surface area contributed by atoms with Crippen LogP contribution in [0.25, 0.3) is 11.5 Å². The summed E-state index contributed by atoms with van der Waals surface area (Å²) < 4.78 is 1.88. The maximum absolute atomic E-state index is 10.2. The lowest BCUT2D eigenvalue weighted by molar-refractivity contribution is -0.347. The highest BCUT2D eigenvalue weighted by atomic mass is 15.3. The molecule has 2 nitrogen and oxygen atoms in total. The van der Waals surface area contributed by atoms with Crippen LogP contribution in [0.15, 0.2) is 65.8 Å². The summed E-state index contributed by atoms with van der Waals surface area (Å²) in [5.74, 6) is 10.2. The molecule has 1 aliphatic heterocycles. The topological polar surface area (TPSA) is 26.8 Å². The van der Waals surface area contributed by atoms with E-state index in [1.807, 2.05) is 4.68 Å². The standard InChI is InChI=1S/C63H104N2/c1-7-13-19-20-21-22-23-24-25-26-27-28-29-30-31-32-33-34-35-36-41-47-61-60(46-18-12-6)62(58-50-54(42-37-14-8-2)48-55(51-58)43-38-15-9-3)65(64)63(61)59-52-56(44-39-16-10-4)49-57(53-59)45-40-17-11-5/h41,46-53,64H,7-40,42-45H2,1-6H3. The summed E-state index contributed by atoms with van der Waals surface area (Å²) in [6.45, 7) is 13.8. The maximum atomic E-state index is 10.2. The molecule has 0 saturated heterocycles. The van der Waals surface area contributed by atoms with Crippen molar-refractivity contribution >= 4 is 11.4 Å². The van der Waals surface area contributed by atoms with E-state index in [-0.39, 0.29) is 0 Å². The molecule has 1 heterocycles. The summed E-state index contributed by atoms with van der Waals surface area (Å²) in [6, 6.07) is 14.8. The summed E-state index contributed by atoms with van der Waals surface area (Å²) >= 11 is 0. The van der Waals surface area contributed by atoms with Crippen molar-refractivity contribution in [1.82, 2.24) is 0 Å². The fraction of sp³-hybridized carbons (Fsp3) is 0.698. The van der Waals surface area contributed by atoms with Gasteiger partial charge >= 0.3 is 0 Å². The van der Waals surface area contributed by atoms with Crippen molar-refractivity contribution in [3.05, 3.63) is 105 Å². The van der Waals surface area contributed by atoms with Crippen molar-refractivity contribution in [2.45, 2.75) is 286 Å². The normalized spacial score (nSPS) is 13.8. The van der Waals surface area contributed by atoms with E-state index in [0.717, 1.165) is 56.4 Å². The van der Waals surface area contributed by atoms with Crippen molar-refractivity contribution in [2.24, 2.45) is 0 Å². The first-order chi connectivity index (χ1) is 32.0. The van der Waals surface area contributed by atoms with E-state index in [9.17, 15) is 5.84 Å². The molecule has 0 radical (unpaired) electrons. The van der Waals surface area contributed by atoms with Crippen molar-refractivity contribution in [1.29, 1.82) is 0 Å². The van der Waals surface area contributed by atoms with Gasteiger partial charge in [0, 0.05) is 11.1 Å². The van der Waals surface area contributed by atoms with Crippen molar-refractivity contribution in [2.75, 3.05) is 0 Å². The predicted molar refractivity (Wildman–Crippen MR) is 292 cm³/mol. The molecule has 0 unspecified atom stereocenters. The van der Waals surface area contributed by atoms with Crippen LogP contribution < -0.4 is 0 Å². The molecule has 0 amide bonds. The fourth-order valence-corrected chi connectivity index (χ4v) is 10.1. The molecule has 65 heavy (non-hydrogen) atoms. The molecule has 2 aromatic carbocycles. The molecule has 3 rings (SSSR count). The van der Waals surface area contributed by atoms with E-state index in [1.54, 1.807) is 0 Å². The Balaban J connectivity index is 1.77. The van der Waals surface area contributed by atoms with Crippen LogP contribution in [0, 0.1) is 0 Å². The van der Waals surface area contributed by atoms with Gasteiger partial charge in [-0.3, -0.25) is 0 Å². The molecule has 0 spiro atoms. The number of unbranched alkanes of at least 4 members (excludes halogenated alkanes) is 28.